The number of fused-ring (bicyclic) bond motifs is 3. The van der Waals surface area contributed by atoms with Crippen LogP contribution in [0, 0.1) is 0 Å². The lowest BCUT2D eigenvalue weighted by Gasteiger charge is -2.26. The quantitative estimate of drug-likeness (QED) is 0.195. The zero-order chi connectivity index (χ0) is 26.2. The van der Waals surface area contributed by atoms with Crippen molar-refractivity contribution in [3.63, 3.8) is 0 Å². The van der Waals surface area contributed by atoms with Gasteiger partial charge in [-0.3, -0.25) is 0 Å². The van der Waals surface area contributed by atoms with Crippen molar-refractivity contribution in [2.24, 2.45) is 0 Å². The summed E-state index contributed by atoms with van der Waals surface area (Å²) in [5, 5.41) is 2.56. The second-order valence-corrected chi connectivity index (χ2v) is 11.5. The number of nitrogens with zero attached hydrogens (tertiary/aromatic N) is 1. The molecule has 1 nitrogen and oxygen atoms in total. The van der Waals surface area contributed by atoms with E-state index in [1.54, 1.807) is 0 Å². The van der Waals surface area contributed by atoms with Crippen molar-refractivity contribution < 1.29 is 0 Å². The molecule has 0 saturated carbocycles. The maximum Gasteiger partial charge on any atom is 0.0499 e. The van der Waals surface area contributed by atoms with Crippen LogP contribution >= 0.6 is 27.3 Å². The number of hydrogen-bond donors (Lipinski definition) is 0. The lowest BCUT2D eigenvalue weighted by Crippen LogP contribution is -2.10. The highest BCUT2D eigenvalue weighted by Gasteiger charge is 2.17. The number of benzene rings is 6. The molecule has 0 radical (unpaired) electrons. The van der Waals surface area contributed by atoms with Crippen LogP contribution in [0.4, 0.5) is 17.1 Å². The van der Waals surface area contributed by atoms with Crippen LogP contribution in [-0.2, 0) is 0 Å². The van der Waals surface area contributed by atoms with E-state index in [2.05, 4.69) is 166 Å². The van der Waals surface area contributed by atoms with Crippen LogP contribution in [0.3, 0.4) is 0 Å². The SMILES string of the molecule is Brc1cc(N(c2ccc(-c3ccccc3)cc2)c2ccc(-c3ccccc3)cc2)cc2c1sc1ccccc12. The molecular formula is C36H24BrNS. The fraction of sp³-hybridized carbons (Fsp3) is 0. The number of rotatable bonds is 5. The highest BCUT2D eigenvalue weighted by atomic mass is 79.9. The van der Waals surface area contributed by atoms with Crippen molar-refractivity contribution >= 4 is 64.5 Å². The first kappa shape index (κ1) is 23.9. The van der Waals surface area contributed by atoms with Gasteiger partial charge in [0.2, 0.25) is 0 Å². The molecule has 0 amide bonds. The molecule has 0 aliphatic carbocycles. The summed E-state index contributed by atoms with van der Waals surface area (Å²) in [5.74, 6) is 0. The van der Waals surface area contributed by atoms with E-state index >= 15 is 0 Å². The first-order valence-electron chi connectivity index (χ1n) is 13.0. The van der Waals surface area contributed by atoms with E-state index < -0.39 is 0 Å². The predicted molar refractivity (Wildman–Crippen MR) is 173 cm³/mol. The Bertz CT molecular complexity index is 1810. The van der Waals surface area contributed by atoms with Crippen molar-refractivity contribution in [1.29, 1.82) is 0 Å². The van der Waals surface area contributed by atoms with Gasteiger partial charge in [0.05, 0.1) is 0 Å². The molecular weight excluding hydrogens is 558 g/mol. The highest BCUT2D eigenvalue weighted by molar-refractivity contribution is 9.10. The van der Waals surface area contributed by atoms with E-state index in [9.17, 15) is 0 Å². The molecule has 0 aliphatic rings. The minimum atomic E-state index is 1.11. The molecule has 0 aliphatic heterocycles. The Hall–Kier alpha value is -4.18. The average Bonchev–Trinajstić information content (AvgIpc) is 3.38. The standard InChI is InChI=1S/C36H24BrNS/c37-34-24-31(23-33-32-13-7-8-14-35(32)39-36(33)34)38(29-19-15-27(16-20-29)25-9-3-1-4-10-25)30-21-17-28(18-22-30)26-11-5-2-6-12-26/h1-24H. The summed E-state index contributed by atoms with van der Waals surface area (Å²) in [5.41, 5.74) is 8.21. The Morgan fingerprint density at radius 3 is 1.49 bits per heavy atom. The van der Waals surface area contributed by atoms with Crippen LogP contribution in [-0.4, -0.2) is 0 Å². The van der Waals surface area contributed by atoms with Crippen molar-refractivity contribution in [2.75, 3.05) is 4.90 Å². The second-order valence-electron chi connectivity index (χ2n) is 9.56. The van der Waals surface area contributed by atoms with Gasteiger partial charge < -0.3 is 4.90 Å². The molecule has 0 fully saturated rings. The summed E-state index contributed by atoms with van der Waals surface area (Å²) in [6.45, 7) is 0. The van der Waals surface area contributed by atoms with E-state index in [0.29, 0.717) is 0 Å². The van der Waals surface area contributed by atoms with Gasteiger partial charge in [-0.2, -0.15) is 0 Å². The molecule has 186 valence electrons. The molecule has 0 N–H and O–H groups in total. The Morgan fingerprint density at radius 2 is 0.923 bits per heavy atom. The lowest BCUT2D eigenvalue weighted by atomic mass is 10.0. The number of hydrogen-bond acceptors (Lipinski definition) is 2. The zero-order valence-electron chi connectivity index (χ0n) is 21.1. The fourth-order valence-electron chi connectivity index (χ4n) is 5.21. The van der Waals surface area contributed by atoms with Crippen LogP contribution < -0.4 is 4.90 Å². The summed E-state index contributed by atoms with van der Waals surface area (Å²) in [7, 11) is 0. The van der Waals surface area contributed by atoms with Crippen molar-refractivity contribution in [1.82, 2.24) is 0 Å². The first-order valence-corrected chi connectivity index (χ1v) is 14.6. The second kappa shape index (κ2) is 10.2. The van der Waals surface area contributed by atoms with Crippen LogP contribution in [0.15, 0.2) is 150 Å². The third-order valence-corrected chi connectivity index (χ3v) is 9.25. The first-order chi connectivity index (χ1) is 19.2. The summed E-state index contributed by atoms with van der Waals surface area (Å²) in [6.07, 6.45) is 0. The van der Waals surface area contributed by atoms with E-state index in [4.69, 9.17) is 0 Å². The summed E-state index contributed by atoms with van der Waals surface area (Å²) < 4.78 is 3.69. The number of thiophene rings is 1. The van der Waals surface area contributed by atoms with Gasteiger partial charge >= 0.3 is 0 Å². The van der Waals surface area contributed by atoms with Crippen LogP contribution in [0.5, 0.6) is 0 Å². The molecule has 39 heavy (non-hydrogen) atoms. The van der Waals surface area contributed by atoms with Gasteiger partial charge in [-0.05, 0) is 80.6 Å². The largest absolute Gasteiger partial charge is 0.310 e. The van der Waals surface area contributed by atoms with Gasteiger partial charge in [0, 0.05) is 41.7 Å². The van der Waals surface area contributed by atoms with E-state index in [-0.39, 0.29) is 0 Å². The van der Waals surface area contributed by atoms with Crippen molar-refractivity contribution in [2.45, 2.75) is 0 Å². The molecule has 7 rings (SSSR count). The molecule has 0 bridgehead atoms. The smallest absolute Gasteiger partial charge is 0.0499 e. The Morgan fingerprint density at radius 1 is 0.436 bits per heavy atom. The van der Waals surface area contributed by atoms with Crippen molar-refractivity contribution in [3.05, 3.63) is 150 Å². The Balaban J connectivity index is 1.38. The fourth-order valence-corrected chi connectivity index (χ4v) is 7.00. The highest BCUT2D eigenvalue weighted by Crippen LogP contribution is 2.44. The monoisotopic (exact) mass is 581 g/mol. The minimum absolute atomic E-state index is 1.11. The van der Waals surface area contributed by atoms with Gasteiger partial charge in [-0.15, -0.1) is 11.3 Å². The third-order valence-electron chi connectivity index (χ3n) is 7.14. The van der Waals surface area contributed by atoms with Crippen molar-refractivity contribution in [3.8, 4) is 22.3 Å². The molecule has 3 heteroatoms. The normalized spacial score (nSPS) is 11.2. The van der Waals surface area contributed by atoms with Crippen LogP contribution in [0.25, 0.3) is 42.4 Å². The van der Waals surface area contributed by atoms with Gasteiger partial charge in [0.15, 0.2) is 0 Å². The molecule has 0 unspecified atom stereocenters. The van der Waals surface area contributed by atoms with Crippen LogP contribution in [0.1, 0.15) is 0 Å². The Kier molecular flexibility index (Phi) is 6.24. The van der Waals surface area contributed by atoms with E-state index in [1.807, 2.05) is 11.3 Å². The third kappa shape index (κ3) is 4.54. The molecule has 0 atom stereocenters. The van der Waals surface area contributed by atoms with Gasteiger partial charge in [0.1, 0.15) is 0 Å². The average molecular weight is 583 g/mol. The lowest BCUT2D eigenvalue weighted by molar-refractivity contribution is 1.29. The van der Waals surface area contributed by atoms with Gasteiger partial charge in [0.25, 0.3) is 0 Å². The Labute approximate surface area is 240 Å². The zero-order valence-corrected chi connectivity index (χ0v) is 23.5. The van der Waals surface area contributed by atoms with E-state index in [1.165, 1.54) is 42.4 Å². The summed E-state index contributed by atoms with van der Waals surface area (Å²) in [4.78, 5) is 2.35. The minimum Gasteiger partial charge on any atom is -0.310 e. The van der Waals surface area contributed by atoms with Gasteiger partial charge in [-0.1, -0.05) is 103 Å². The van der Waals surface area contributed by atoms with E-state index in [0.717, 1.165) is 21.5 Å². The molecule has 1 aromatic heterocycles. The predicted octanol–water partition coefficient (Wildman–Crippen LogP) is 11.6. The topological polar surface area (TPSA) is 3.24 Å². The molecule has 7 aromatic rings. The van der Waals surface area contributed by atoms with Crippen LogP contribution in [0.2, 0.25) is 0 Å². The van der Waals surface area contributed by atoms with Gasteiger partial charge in [-0.25, -0.2) is 0 Å². The number of anilines is 3. The molecule has 6 aromatic carbocycles. The molecule has 0 saturated heterocycles. The molecule has 1 heterocycles. The maximum absolute atomic E-state index is 3.91. The molecule has 0 spiro atoms. The maximum atomic E-state index is 3.91. The summed E-state index contributed by atoms with van der Waals surface area (Å²) >= 11 is 5.74. The summed E-state index contributed by atoms with van der Waals surface area (Å²) in [6, 6.07) is 52.0. The number of halogens is 1.